The van der Waals surface area contributed by atoms with Crippen molar-refractivity contribution in [1.29, 1.82) is 5.26 Å². The Hall–Kier alpha value is -2.78. The zero-order chi connectivity index (χ0) is 16.6. The van der Waals surface area contributed by atoms with Crippen LogP contribution in [0.5, 0.6) is 0 Å². The van der Waals surface area contributed by atoms with E-state index in [9.17, 15) is 13.7 Å². The number of nitrogens with one attached hydrogen (secondary N) is 2. The predicted molar refractivity (Wildman–Crippen MR) is 89.7 cm³/mol. The number of aromatic nitrogens is 1. The van der Waals surface area contributed by atoms with Crippen molar-refractivity contribution < 1.29 is 8.42 Å². The van der Waals surface area contributed by atoms with Gasteiger partial charge in [-0.05, 0) is 43.2 Å². The molecule has 0 saturated carbocycles. The molecule has 0 aliphatic rings. The molecule has 0 atom stereocenters. The Kier molecular flexibility index (Phi) is 3.58. The molecular formula is C17H15N3O2S. The van der Waals surface area contributed by atoms with Crippen molar-refractivity contribution in [3.63, 3.8) is 0 Å². The maximum absolute atomic E-state index is 12.6. The molecule has 23 heavy (non-hydrogen) atoms. The number of aromatic amines is 1. The van der Waals surface area contributed by atoms with Crippen LogP contribution in [0.4, 0.5) is 5.69 Å². The summed E-state index contributed by atoms with van der Waals surface area (Å²) in [5, 5.41) is 9.91. The van der Waals surface area contributed by atoms with Gasteiger partial charge < -0.3 is 4.98 Å². The number of anilines is 1. The summed E-state index contributed by atoms with van der Waals surface area (Å²) in [6.45, 7) is 3.73. The van der Waals surface area contributed by atoms with Crippen LogP contribution in [-0.4, -0.2) is 13.4 Å². The Bertz CT molecular complexity index is 1040. The van der Waals surface area contributed by atoms with E-state index in [1.165, 1.54) is 0 Å². The van der Waals surface area contributed by atoms with E-state index in [0.29, 0.717) is 16.8 Å². The van der Waals surface area contributed by atoms with Crippen molar-refractivity contribution in [2.45, 2.75) is 18.7 Å². The van der Waals surface area contributed by atoms with Crippen LogP contribution in [0.1, 0.15) is 16.7 Å². The van der Waals surface area contributed by atoms with E-state index in [0.717, 1.165) is 16.5 Å². The highest BCUT2D eigenvalue weighted by atomic mass is 32.2. The van der Waals surface area contributed by atoms with Crippen molar-refractivity contribution in [1.82, 2.24) is 4.98 Å². The molecule has 3 aromatic rings. The van der Waals surface area contributed by atoms with Crippen LogP contribution >= 0.6 is 0 Å². The second kappa shape index (κ2) is 5.45. The third kappa shape index (κ3) is 2.67. The summed E-state index contributed by atoms with van der Waals surface area (Å²) in [5.74, 6) is 0. The zero-order valence-electron chi connectivity index (χ0n) is 12.7. The fraction of sp³-hybridized carbons (Fsp3) is 0.118. The van der Waals surface area contributed by atoms with Gasteiger partial charge in [0.2, 0.25) is 0 Å². The van der Waals surface area contributed by atoms with Crippen molar-refractivity contribution in [3.8, 4) is 6.07 Å². The number of rotatable bonds is 3. The number of nitrogens with zero attached hydrogens (tertiary/aromatic N) is 1. The first-order chi connectivity index (χ1) is 10.9. The number of benzene rings is 2. The quantitative estimate of drug-likeness (QED) is 0.773. The van der Waals surface area contributed by atoms with E-state index < -0.39 is 10.0 Å². The monoisotopic (exact) mass is 325 g/mol. The maximum Gasteiger partial charge on any atom is 0.261 e. The third-order valence-electron chi connectivity index (χ3n) is 3.71. The Labute approximate surface area is 134 Å². The van der Waals surface area contributed by atoms with Crippen LogP contribution in [-0.2, 0) is 10.0 Å². The Balaban J connectivity index is 2.11. The first-order valence-corrected chi connectivity index (χ1v) is 8.51. The van der Waals surface area contributed by atoms with Gasteiger partial charge in [-0.3, -0.25) is 4.72 Å². The van der Waals surface area contributed by atoms with E-state index in [1.54, 1.807) is 36.5 Å². The van der Waals surface area contributed by atoms with Crippen molar-refractivity contribution in [2.24, 2.45) is 0 Å². The summed E-state index contributed by atoms with van der Waals surface area (Å²) in [7, 11) is -3.69. The Morgan fingerprint density at radius 1 is 1.17 bits per heavy atom. The van der Waals surface area contributed by atoms with E-state index in [2.05, 4.69) is 15.8 Å². The summed E-state index contributed by atoms with van der Waals surface area (Å²) >= 11 is 0. The molecule has 0 bridgehead atoms. The van der Waals surface area contributed by atoms with Gasteiger partial charge in [0.05, 0.1) is 21.7 Å². The van der Waals surface area contributed by atoms with E-state index in [4.69, 9.17) is 0 Å². The molecule has 0 amide bonds. The zero-order valence-corrected chi connectivity index (χ0v) is 13.5. The topological polar surface area (TPSA) is 85.8 Å². The van der Waals surface area contributed by atoms with Gasteiger partial charge >= 0.3 is 0 Å². The smallest absolute Gasteiger partial charge is 0.261 e. The van der Waals surface area contributed by atoms with E-state index >= 15 is 0 Å². The molecule has 0 aliphatic carbocycles. The molecule has 0 radical (unpaired) electrons. The molecule has 6 heteroatoms. The van der Waals surface area contributed by atoms with Crippen LogP contribution in [0, 0.1) is 25.2 Å². The molecule has 0 fully saturated rings. The van der Waals surface area contributed by atoms with E-state index in [-0.39, 0.29) is 4.90 Å². The number of sulfonamides is 1. The molecule has 1 aromatic heterocycles. The number of H-pyrrole nitrogens is 1. The Morgan fingerprint density at radius 2 is 1.96 bits per heavy atom. The first-order valence-electron chi connectivity index (χ1n) is 7.02. The highest BCUT2D eigenvalue weighted by Crippen LogP contribution is 2.30. The average molecular weight is 325 g/mol. The van der Waals surface area contributed by atoms with Crippen LogP contribution < -0.4 is 4.72 Å². The number of aryl methyl sites for hydroxylation is 2. The van der Waals surface area contributed by atoms with Crippen molar-refractivity contribution in [2.75, 3.05) is 4.72 Å². The fourth-order valence-corrected chi connectivity index (χ4v) is 3.76. The maximum atomic E-state index is 12.6. The second-order valence-electron chi connectivity index (χ2n) is 5.42. The molecule has 0 spiro atoms. The number of nitriles is 1. The minimum absolute atomic E-state index is 0.207. The summed E-state index contributed by atoms with van der Waals surface area (Å²) < 4.78 is 27.7. The van der Waals surface area contributed by atoms with Gasteiger partial charge in [0.25, 0.3) is 10.0 Å². The number of fused-ring (bicyclic) bond motifs is 1. The molecule has 0 unspecified atom stereocenters. The highest BCUT2D eigenvalue weighted by molar-refractivity contribution is 7.92. The van der Waals surface area contributed by atoms with Gasteiger partial charge in [-0.1, -0.05) is 18.2 Å². The van der Waals surface area contributed by atoms with Crippen molar-refractivity contribution >= 4 is 26.6 Å². The van der Waals surface area contributed by atoms with Gasteiger partial charge in [0.15, 0.2) is 0 Å². The second-order valence-corrected chi connectivity index (χ2v) is 7.10. The molecular weight excluding hydrogens is 310 g/mol. The van der Waals surface area contributed by atoms with Gasteiger partial charge in [-0.25, -0.2) is 8.42 Å². The van der Waals surface area contributed by atoms with Crippen LogP contribution in [0.3, 0.4) is 0 Å². The number of hydrogen-bond acceptors (Lipinski definition) is 3. The Morgan fingerprint density at radius 3 is 2.65 bits per heavy atom. The molecule has 3 rings (SSSR count). The van der Waals surface area contributed by atoms with Crippen molar-refractivity contribution in [3.05, 3.63) is 59.3 Å². The molecule has 2 N–H and O–H groups in total. The number of hydrogen-bond donors (Lipinski definition) is 2. The summed E-state index contributed by atoms with van der Waals surface area (Å²) in [5.41, 5.74) is 3.31. The van der Waals surface area contributed by atoms with Crippen LogP contribution in [0.2, 0.25) is 0 Å². The summed E-state index contributed by atoms with van der Waals surface area (Å²) in [4.78, 5) is 3.19. The summed E-state index contributed by atoms with van der Waals surface area (Å²) in [6.07, 6.45) is 1.59. The lowest BCUT2D eigenvalue weighted by Gasteiger charge is -2.10. The lowest BCUT2D eigenvalue weighted by molar-refractivity contribution is 0.601. The fourth-order valence-electron chi connectivity index (χ4n) is 2.58. The molecule has 0 saturated heterocycles. The summed E-state index contributed by atoms with van der Waals surface area (Å²) in [6, 6.07) is 12.3. The molecule has 0 aliphatic heterocycles. The van der Waals surface area contributed by atoms with E-state index in [1.807, 2.05) is 19.9 Å². The minimum atomic E-state index is -3.69. The highest BCUT2D eigenvalue weighted by Gasteiger charge is 2.17. The van der Waals surface area contributed by atoms with Crippen LogP contribution in [0.25, 0.3) is 10.9 Å². The molecule has 2 aromatic carbocycles. The SMILES string of the molecule is Cc1cccc(S(=O)(=O)Nc2ccc(C)c3c(C#N)c[nH]c23)c1. The van der Waals surface area contributed by atoms with Gasteiger partial charge in [0.1, 0.15) is 6.07 Å². The molecule has 1 heterocycles. The largest absolute Gasteiger partial charge is 0.358 e. The van der Waals surface area contributed by atoms with Gasteiger partial charge in [-0.15, -0.1) is 0 Å². The van der Waals surface area contributed by atoms with Gasteiger partial charge in [-0.2, -0.15) is 5.26 Å². The van der Waals surface area contributed by atoms with Crippen LogP contribution in [0.15, 0.2) is 47.5 Å². The molecule has 5 nitrogen and oxygen atoms in total. The third-order valence-corrected chi connectivity index (χ3v) is 5.07. The lowest BCUT2D eigenvalue weighted by atomic mass is 10.1. The van der Waals surface area contributed by atoms with Gasteiger partial charge in [0, 0.05) is 11.6 Å². The standard InChI is InChI=1S/C17H15N3O2S/c1-11-4-3-5-14(8-11)23(21,22)20-15-7-6-12(2)16-13(9-18)10-19-17(15)16/h3-8,10,19-20H,1-2H3. The normalized spacial score (nSPS) is 11.3. The molecule has 116 valence electrons. The lowest BCUT2D eigenvalue weighted by Crippen LogP contribution is -2.13. The average Bonchev–Trinajstić information content (AvgIpc) is 2.95. The first kappa shape index (κ1) is 15.1. The predicted octanol–water partition coefficient (Wildman–Crippen LogP) is 3.46. The minimum Gasteiger partial charge on any atom is -0.358 e.